The second-order valence-corrected chi connectivity index (χ2v) is 5.62. The zero-order valence-electron chi connectivity index (χ0n) is 13.2. The number of para-hydroxylation sites is 1. The number of hydrogen-bond donors (Lipinski definition) is 1. The molecule has 3 heteroatoms. The molecule has 0 aliphatic carbocycles. The van der Waals surface area contributed by atoms with Crippen molar-refractivity contribution in [3.05, 3.63) is 36.0 Å². The van der Waals surface area contributed by atoms with Gasteiger partial charge in [-0.2, -0.15) is 0 Å². The number of fused-ring (bicyclic) bond motifs is 1. The first kappa shape index (κ1) is 15.6. The molecular formula is C18H26N2O. The van der Waals surface area contributed by atoms with Crippen LogP contribution < -0.4 is 0 Å². The molecule has 0 fully saturated rings. The topological polar surface area (TPSA) is 36.1 Å². The van der Waals surface area contributed by atoms with Gasteiger partial charge in [0.1, 0.15) is 0 Å². The van der Waals surface area contributed by atoms with Crippen molar-refractivity contribution in [2.75, 3.05) is 13.1 Å². The molecule has 0 aliphatic heterocycles. The Morgan fingerprint density at radius 3 is 2.43 bits per heavy atom. The maximum absolute atomic E-state index is 12.6. The molecular weight excluding hydrogens is 260 g/mol. The molecule has 0 saturated heterocycles. The van der Waals surface area contributed by atoms with E-state index in [0.717, 1.165) is 55.2 Å². The zero-order chi connectivity index (χ0) is 15.1. The van der Waals surface area contributed by atoms with E-state index in [4.69, 9.17) is 0 Å². The number of unbranched alkanes of at least 4 members (excludes halogenated alkanes) is 2. The van der Waals surface area contributed by atoms with E-state index < -0.39 is 0 Å². The summed E-state index contributed by atoms with van der Waals surface area (Å²) in [5, 5.41) is 1.16. The number of hydrogen-bond acceptors (Lipinski definition) is 1. The second-order valence-electron chi connectivity index (χ2n) is 5.62. The third kappa shape index (κ3) is 4.10. The Kier molecular flexibility index (Phi) is 5.85. The first-order chi connectivity index (χ1) is 10.3. The Balaban J connectivity index is 2.06. The van der Waals surface area contributed by atoms with Crippen molar-refractivity contribution < 1.29 is 4.79 Å². The van der Waals surface area contributed by atoms with Gasteiger partial charge in [-0.1, -0.05) is 44.9 Å². The minimum Gasteiger partial charge on any atom is -0.361 e. The van der Waals surface area contributed by atoms with E-state index in [-0.39, 0.29) is 5.91 Å². The molecule has 1 heterocycles. The van der Waals surface area contributed by atoms with Crippen molar-refractivity contribution in [3.63, 3.8) is 0 Å². The second kappa shape index (κ2) is 7.87. The molecule has 2 rings (SSSR count). The van der Waals surface area contributed by atoms with Crippen LogP contribution in [0.25, 0.3) is 10.9 Å². The minimum absolute atomic E-state index is 0.252. The van der Waals surface area contributed by atoms with Crippen LogP contribution in [0.1, 0.15) is 45.1 Å². The normalized spacial score (nSPS) is 11.0. The molecule has 0 spiro atoms. The third-order valence-electron chi connectivity index (χ3n) is 3.93. The molecule has 1 N–H and O–H groups in total. The number of rotatable bonds is 8. The number of carbonyl (C=O) groups is 1. The number of aromatic nitrogens is 1. The first-order valence-corrected chi connectivity index (χ1v) is 8.09. The van der Waals surface area contributed by atoms with Crippen LogP contribution in [0.15, 0.2) is 30.5 Å². The number of carbonyl (C=O) groups excluding carboxylic acids is 1. The Morgan fingerprint density at radius 2 is 1.76 bits per heavy atom. The standard InChI is InChI=1S/C18H26N2O/c1-3-5-11-20(12-6-4-2)18(21)13-15-14-19-17-10-8-7-9-16(15)17/h7-10,14,19H,3-6,11-13H2,1-2H3. The van der Waals surface area contributed by atoms with Crippen LogP contribution in [0.4, 0.5) is 0 Å². The highest BCUT2D eigenvalue weighted by Gasteiger charge is 2.15. The van der Waals surface area contributed by atoms with E-state index >= 15 is 0 Å². The summed E-state index contributed by atoms with van der Waals surface area (Å²) in [5.41, 5.74) is 2.21. The Labute approximate surface area is 127 Å². The number of amides is 1. The lowest BCUT2D eigenvalue weighted by atomic mass is 10.1. The van der Waals surface area contributed by atoms with Crippen LogP contribution in [0.2, 0.25) is 0 Å². The summed E-state index contributed by atoms with van der Waals surface area (Å²) >= 11 is 0. The monoisotopic (exact) mass is 286 g/mol. The lowest BCUT2D eigenvalue weighted by Crippen LogP contribution is -2.34. The van der Waals surface area contributed by atoms with E-state index in [1.165, 1.54) is 0 Å². The van der Waals surface area contributed by atoms with Crippen LogP contribution in [-0.4, -0.2) is 28.9 Å². The largest absolute Gasteiger partial charge is 0.361 e. The van der Waals surface area contributed by atoms with Gasteiger partial charge in [-0.3, -0.25) is 4.79 Å². The van der Waals surface area contributed by atoms with E-state index in [1.807, 2.05) is 23.2 Å². The molecule has 114 valence electrons. The summed E-state index contributed by atoms with van der Waals surface area (Å²) in [6, 6.07) is 8.17. The smallest absolute Gasteiger partial charge is 0.227 e. The van der Waals surface area contributed by atoms with E-state index in [0.29, 0.717) is 6.42 Å². The van der Waals surface area contributed by atoms with Gasteiger partial charge in [0, 0.05) is 30.2 Å². The van der Waals surface area contributed by atoms with Gasteiger partial charge in [-0.15, -0.1) is 0 Å². The van der Waals surface area contributed by atoms with Gasteiger partial charge in [-0.05, 0) is 24.5 Å². The fraction of sp³-hybridized carbons (Fsp3) is 0.500. The van der Waals surface area contributed by atoms with Crippen molar-refractivity contribution in [1.82, 2.24) is 9.88 Å². The van der Waals surface area contributed by atoms with Gasteiger partial charge in [0.05, 0.1) is 6.42 Å². The van der Waals surface area contributed by atoms with Crippen LogP contribution in [0.5, 0.6) is 0 Å². The van der Waals surface area contributed by atoms with Gasteiger partial charge >= 0.3 is 0 Å². The van der Waals surface area contributed by atoms with Crippen LogP contribution in [-0.2, 0) is 11.2 Å². The quantitative estimate of drug-likeness (QED) is 0.778. The minimum atomic E-state index is 0.252. The van der Waals surface area contributed by atoms with Crippen LogP contribution in [0.3, 0.4) is 0 Å². The fourth-order valence-corrected chi connectivity index (χ4v) is 2.61. The van der Waals surface area contributed by atoms with Crippen molar-refractivity contribution in [2.24, 2.45) is 0 Å². The van der Waals surface area contributed by atoms with Crippen molar-refractivity contribution in [1.29, 1.82) is 0 Å². The van der Waals surface area contributed by atoms with E-state index in [2.05, 4.69) is 31.0 Å². The molecule has 0 atom stereocenters. The van der Waals surface area contributed by atoms with Gasteiger partial charge in [0.25, 0.3) is 0 Å². The zero-order valence-corrected chi connectivity index (χ0v) is 13.2. The highest BCUT2D eigenvalue weighted by atomic mass is 16.2. The van der Waals surface area contributed by atoms with Gasteiger partial charge in [0.2, 0.25) is 5.91 Å². The van der Waals surface area contributed by atoms with Gasteiger partial charge in [-0.25, -0.2) is 0 Å². The molecule has 1 aromatic carbocycles. The molecule has 1 amide bonds. The van der Waals surface area contributed by atoms with Crippen molar-refractivity contribution in [2.45, 2.75) is 46.0 Å². The van der Waals surface area contributed by atoms with Gasteiger partial charge in [0.15, 0.2) is 0 Å². The lowest BCUT2D eigenvalue weighted by Gasteiger charge is -2.22. The van der Waals surface area contributed by atoms with Crippen LogP contribution in [0, 0.1) is 0 Å². The molecule has 0 radical (unpaired) electrons. The predicted molar refractivity (Wildman–Crippen MR) is 88.4 cm³/mol. The average molecular weight is 286 g/mol. The first-order valence-electron chi connectivity index (χ1n) is 8.09. The summed E-state index contributed by atoms with van der Waals surface area (Å²) in [6.07, 6.45) is 6.90. The average Bonchev–Trinajstić information content (AvgIpc) is 2.91. The molecule has 21 heavy (non-hydrogen) atoms. The molecule has 1 aromatic heterocycles. The Bertz CT molecular complexity index is 565. The number of nitrogens with zero attached hydrogens (tertiary/aromatic N) is 1. The summed E-state index contributed by atoms with van der Waals surface area (Å²) in [5.74, 6) is 0.252. The van der Waals surface area contributed by atoms with E-state index in [9.17, 15) is 4.79 Å². The molecule has 0 bridgehead atoms. The maximum Gasteiger partial charge on any atom is 0.227 e. The molecule has 2 aromatic rings. The molecule has 3 nitrogen and oxygen atoms in total. The van der Waals surface area contributed by atoms with Crippen molar-refractivity contribution in [3.8, 4) is 0 Å². The SMILES string of the molecule is CCCCN(CCCC)C(=O)Cc1c[nH]c2ccccc12. The summed E-state index contributed by atoms with van der Waals surface area (Å²) in [4.78, 5) is 17.9. The molecule has 0 unspecified atom stereocenters. The predicted octanol–water partition coefficient (Wildman–Crippen LogP) is 4.14. The maximum atomic E-state index is 12.6. The Hall–Kier alpha value is -1.77. The summed E-state index contributed by atoms with van der Waals surface area (Å²) < 4.78 is 0. The third-order valence-corrected chi connectivity index (χ3v) is 3.93. The van der Waals surface area contributed by atoms with Crippen molar-refractivity contribution >= 4 is 16.8 Å². The number of nitrogens with one attached hydrogen (secondary N) is 1. The lowest BCUT2D eigenvalue weighted by molar-refractivity contribution is -0.130. The van der Waals surface area contributed by atoms with E-state index in [1.54, 1.807) is 0 Å². The summed E-state index contributed by atoms with van der Waals surface area (Å²) in [6.45, 7) is 6.11. The Morgan fingerprint density at radius 1 is 1.10 bits per heavy atom. The summed E-state index contributed by atoms with van der Waals surface area (Å²) in [7, 11) is 0. The fourth-order valence-electron chi connectivity index (χ4n) is 2.61. The molecule has 0 aliphatic rings. The highest BCUT2D eigenvalue weighted by Crippen LogP contribution is 2.19. The highest BCUT2D eigenvalue weighted by molar-refractivity contribution is 5.88. The molecule has 0 saturated carbocycles. The number of benzene rings is 1. The number of H-pyrrole nitrogens is 1. The van der Waals surface area contributed by atoms with Crippen LogP contribution >= 0.6 is 0 Å². The number of aromatic amines is 1. The van der Waals surface area contributed by atoms with Gasteiger partial charge < -0.3 is 9.88 Å².